The van der Waals surface area contributed by atoms with Crippen LogP contribution in [0.3, 0.4) is 0 Å². The van der Waals surface area contributed by atoms with E-state index in [2.05, 4.69) is 40.0 Å². The lowest BCUT2D eigenvalue weighted by atomic mass is 9.98. The molecule has 1 atom stereocenters. The molecule has 5 rings (SSSR count). The fourth-order valence-electron chi connectivity index (χ4n) is 4.70. The average molecular weight is 473 g/mol. The van der Waals surface area contributed by atoms with Crippen molar-refractivity contribution in [1.29, 1.82) is 0 Å². The minimum atomic E-state index is -1.17. The molecule has 0 radical (unpaired) electrons. The number of aromatic nitrogens is 2. The fourth-order valence-corrected chi connectivity index (χ4v) is 4.70. The molecule has 35 heavy (non-hydrogen) atoms. The Kier molecular flexibility index (Phi) is 5.82. The van der Waals surface area contributed by atoms with E-state index in [-0.39, 0.29) is 36.0 Å². The highest BCUT2D eigenvalue weighted by Gasteiger charge is 2.30. The molecule has 2 aliphatic carbocycles. The molecule has 9 heteroatoms. The molecule has 0 saturated carbocycles. The number of carbonyl (C=O) groups is 3. The summed E-state index contributed by atoms with van der Waals surface area (Å²) in [4.78, 5) is 36.2. The van der Waals surface area contributed by atoms with Gasteiger partial charge >= 0.3 is 12.1 Å². The van der Waals surface area contributed by atoms with Gasteiger partial charge in [0, 0.05) is 30.6 Å². The number of hydrogen-bond acceptors (Lipinski definition) is 5. The SMILES string of the molecule is Cn1nc(C(=O)O)cc1NC(=O)C1=CCC(NC(=O)OCC2c3ccccc3-c3ccccc32)C1. The van der Waals surface area contributed by atoms with Gasteiger partial charge in [-0.05, 0) is 35.1 Å². The van der Waals surface area contributed by atoms with E-state index in [1.165, 1.54) is 10.7 Å². The van der Waals surface area contributed by atoms with Gasteiger partial charge in [-0.15, -0.1) is 0 Å². The van der Waals surface area contributed by atoms with E-state index in [0.717, 1.165) is 22.3 Å². The number of aromatic carboxylic acids is 1. The third-order valence-electron chi connectivity index (χ3n) is 6.41. The molecular formula is C26H24N4O5. The Morgan fingerprint density at radius 3 is 2.37 bits per heavy atom. The first kappa shape index (κ1) is 22.4. The van der Waals surface area contributed by atoms with Crippen molar-refractivity contribution in [3.8, 4) is 11.1 Å². The Bertz CT molecular complexity index is 1310. The molecule has 0 bridgehead atoms. The van der Waals surface area contributed by atoms with E-state index in [4.69, 9.17) is 9.84 Å². The van der Waals surface area contributed by atoms with Crippen molar-refractivity contribution in [3.63, 3.8) is 0 Å². The Hall–Kier alpha value is -4.40. The Morgan fingerprint density at radius 1 is 1.09 bits per heavy atom. The first-order valence-corrected chi connectivity index (χ1v) is 11.3. The number of nitrogens with one attached hydrogen (secondary N) is 2. The highest BCUT2D eigenvalue weighted by atomic mass is 16.5. The number of carbonyl (C=O) groups excluding carboxylic acids is 2. The second-order valence-corrected chi connectivity index (χ2v) is 8.63. The number of amides is 2. The Balaban J connectivity index is 1.15. The van der Waals surface area contributed by atoms with Gasteiger partial charge < -0.3 is 20.5 Å². The second-order valence-electron chi connectivity index (χ2n) is 8.63. The van der Waals surface area contributed by atoms with Gasteiger partial charge in [0.05, 0.1) is 0 Å². The maximum atomic E-state index is 12.6. The summed E-state index contributed by atoms with van der Waals surface area (Å²) in [6.07, 6.45) is 2.08. The number of carboxylic acid groups (broad SMARTS) is 1. The lowest BCUT2D eigenvalue weighted by molar-refractivity contribution is -0.113. The molecule has 1 heterocycles. The van der Waals surface area contributed by atoms with E-state index in [1.807, 2.05) is 24.3 Å². The van der Waals surface area contributed by atoms with E-state index < -0.39 is 12.1 Å². The van der Waals surface area contributed by atoms with Gasteiger partial charge in [-0.25, -0.2) is 9.59 Å². The topological polar surface area (TPSA) is 123 Å². The van der Waals surface area contributed by atoms with Gasteiger partial charge in [0.2, 0.25) is 0 Å². The van der Waals surface area contributed by atoms with Crippen LogP contribution in [-0.4, -0.2) is 45.5 Å². The van der Waals surface area contributed by atoms with Crippen molar-refractivity contribution in [1.82, 2.24) is 15.1 Å². The fraction of sp³-hybridized carbons (Fsp3) is 0.231. The summed E-state index contributed by atoms with van der Waals surface area (Å²) in [6, 6.07) is 17.3. The number of carboxylic acids is 1. The smallest absolute Gasteiger partial charge is 0.407 e. The van der Waals surface area contributed by atoms with Gasteiger partial charge in [-0.2, -0.15) is 5.10 Å². The van der Waals surface area contributed by atoms with Crippen LogP contribution in [-0.2, 0) is 16.6 Å². The molecule has 9 nitrogen and oxygen atoms in total. The first-order valence-electron chi connectivity index (χ1n) is 11.3. The molecule has 2 aliphatic rings. The largest absolute Gasteiger partial charge is 0.476 e. The quantitative estimate of drug-likeness (QED) is 0.503. The zero-order valence-corrected chi connectivity index (χ0v) is 19.0. The molecule has 1 aromatic heterocycles. The van der Waals surface area contributed by atoms with Crippen LogP contribution in [0.5, 0.6) is 0 Å². The van der Waals surface area contributed by atoms with E-state index >= 15 is 0 Å². The summed E-state index contributed by atoms with van der Waals surface area (Å²) in [5.74, 6) is -1.28. The Morgan fingerprint density at radius 2 is 1.74 bits per heavy atom. The summed E-state index contributed by atoms with van der Waals surface area (Å²) < 4.78 is 6.89. The normalized spacial score (nSPS) is 16.3. The first-order chi connectivity index (χ1) is 16.9. The summed E-state index contributed by atoms with van der Waals surface area (Å²) in [5, 5.41) is 18.4. The highest BCUT2D eigenvalue weighted by Crippen LogP contribution is 2.44. The number of anilines is 1. The van der Waals surface area contributed by atoms with Crippen LogP contribution in [0.25, 0.3) is 11.1 Å². The third kappa shape index (κ3) is 4.40. The summed E-state index contributed by atoms with van der Waals surface area (Å²) in [5.41, 5.74) is 4.96. The second kappa shape index (κ2) is 9.09. The van der Waals surface area contributed by atoms with Crippen molar-refractivity contribution in [2.45, 2.75) is 24.8 Å². The molecule has 2 amide bonds. The number of ether oxygens (including phenoxy) is 1. The number of aryl methyl sites for hydroxylation is 1. The molecular weight excluding hydrogens is 448 g/mol. The van der Waals surface area contributed by atoms with Gasteiger partial charge in [0.25, 0.3) is 5.91 Å². The van der Waals surface area contributed by atoms with Crippen LogP contribution in [0.4, 0.5) is 10.6 Å². The van der Waals surface area contributed by atoms with Crippen LogP contribution in [0, 0.1) is 0 Å². The molecule has 0 spiro atoms. The van der Waals surface area contributed by atoms with E-state index in [1.54, 1.807) is 13.1 Å². The van der Waals surface area contributed by atoms with Crippen LogP contribution in [0.1, 0.15) is 40.4 Å². The van der Waals surface area contributed by atoms with Crippen LogP contribution in [0.15, 0.2) is 66.2 Å². The predicted octanol–water partition coefficient (Wildman–Crippen LogP) is 3.68. The lowest BCUT2D eigenvalue weighted by Crippen LogP contribution is -2.34. The number of fused-ring (bicyclic) bond motifs is 3. The number of rotatable bonds is 6. The van der Waals surface area contributed by atoms with Crippen LogP contribution in [0.2, 0.25) is 0 Å². The zero-order chi connectivity index (χ0) is 24.5. The van der Waals surface area contributed by atoms with Crippen molar-refractivity contribution < 1.29 is 24.2 Å². The zero-order valence-electron chi connectivity index (χ0n) is 19.0. The number of nitrogens with zero attached hydrogens (tertiary/aromatic N) is 2. The van der Waals surface area contributed by atoms with Crippen molar-refractivity contribution in [2.24, 2.45) is 7.05 Å². The standard InChI is InChI=1S/C26H24N4O5/c1-30-23(13-22(29-30)25(32)33)28-24(31)15-10-11-16(12-15)27-26(34)35-14-21-19-8-4-2-6-17(19)18-7-3-5-9-20(18)21/h2-10,13,16,21H,11-12,14H2,1H3,(H,27,34)(H,28,31)(H,32,33). The number of benzene rings is 2. The van der Waals surface area contributed by atoms with Gasteiger partial charge in [-0.3, -0.25) is 9.48 Å². The van der Waals surface area contributed by atoms with Gasteiger partial charge in [-0.1, -0.05) is 54.6 Å². The van der Waals surface area contributed by atoms with Crippen LogP contribution < -0.4 is 10.6 Å². The minimum absolute atomic E-state index is 0.0224. The van der Waals surface area contributed by atoms with Crippen LogP contribution >= 0.6 is 0 Å². The minimum Gasteiger partial charge on any atom is -0.476 e. The molecule has 178 valence electrons. The van der Waals surface area contributed by atoms with Gasteiger partial charge in [0.15, 0.2) is 5.69 Å². The molecule has 3 N–H and O–H groups in total. The third-order valence-corrected chi connectivity index (χ3v) is 6.41. The molecule has 0 fully saturated rings. The van der Waals surface area contributed by atoms with E-state index in [9.17, 15) is 14.4 Å². The maximum Gasteiger partial charge on any atom is 0.407 e. The average Bonchev–Trinajstić information content (AvgIpc) is 3.54. The van der Waals surface area contributed by atoms with Crippen molar-refractivity contribution >= 4 is 23.8 Å². The summed E-state index contributed by atoms with van der Waals surface area (Å²) in [6.45, 7) is 0.222. The summed E-state index contributed by atoms with van der Waals surface area (Å²) in [7, 11) is 1.55. The number of alkyl carbamates (subject to hydrolysis) is 1. The lowest BCUT2D eigenvalue weighted by Gasteiger charge is -2.17. The highest BCUT2D eigenvalue weighted by molar-refractivity contribution is 6.04. The molecule has 0 aliphatic heterocycles. The van der Waals surface area contributed by atoms with Crippen molar-refractivity contribution in [2.75, 3.05) is 11.9 Å². The number of hydrogen-bond donors (Lipinski definition) is 3. The van der Waals surface area contributed by atoms with Crippen molar-refractivity contribution in [3.05, 3.63) is 83.1 Å². The molecule has 3 aromatic rings. The monoisotopic (exact) mass is 472 g/mol. The molecule has 1 unspecified atom stereocenters. The maximum absolute atomic E-state index is 12.6. The van der Waals surface area contributed by atoms with E-state index in [0.29, 0.717) is 18.4 Å². The summed E-state index contributed by atoms with van der Waals surface area (Å²) >= 11 is 0. The Labute approximate surface area is 201 Å². The van der Waals surface area contributed by atoms with Gasteiger partial charge in [0.1, 0.15) is 12.4 Å². The molecule has 2 aromatic carbocycles. The predicted molar refractivity (Wildman–Crippen MR) is 128 cm³/mol. The molecule has 0 saturated heterocycles.